The number of nitrogens with one attached hydrogen (secondary N) is 1. The molecule has 1 aromatic rings. The molecule has 0 aliphatic carbocycles. The second-order valence-corrected chi connectivity index (χ2v) is 5.85. The molecule has 5 heteroatoms. The first-order valence-electron chi connectivity index (χ1n) is 8.21. The normalized spacial score (nSPS) is 18.1. The monoisotopic (exact) mass is 304 g/mol. The number of hydrogen-bond donors (Lipinski definition) is 2. The average molecular weight is 304 g/mol. The predicted molar refractivity (Wildman–Crippen MR) is 89.6 cm³/mol. The van der Waals surface area contributed by atoms with Gasteiger partial charge >= 0.3 is 0 Å². The molecule has 3 N–H and O–H groups in total. The Morgan fingerprint density at radius 2 is 1.82 bits per heavy atom. The van der Waals surface area contributed by atoms with Gasteiger partial charge in [-0.2, -0.15) is 0 Å². The fraction of sp³-hybridized carbons (Fsp3) is 0.588. The summed E-state index contributed by atoms with van der Waals surface area (Å²) in [5.41, 5.74) is 7.07. The molecule has 0 bridgehead atoms. The maximum atomic E-state index is 11.9. The Morgan fingerprint density at radius 1 is 1.18 bits per heavy atom. The molecule has 1 atom stereocenters. The molecule has 1 aliphatic rings. The lowest BCUT2D eigenvalue weighted by atomic mass is 10.0. The number of rotatable bonds is 7. The zero-order valence-electron chi connectivity index (χ0n) is 13.5. The van der Waals surface area contributed by atoms with Crippen molar-refractivity contribution in [3.8, 4) is 0 Å². The molecule has 1 aliphatic heterocycles. The molecule has 1 amide bonds. The third-order valence-corrected chi connectivity index (χ3v) is 4.30. The van der Waals surface area contributed by atoms with E-state index in [1.165, 1.54) is 0 Å². The molecular formula is C17H28N4O. The molecular weight excluding hydrogens is 276 g/mol. The van der Waals surface area contributed by atoms with Gasteiger partial charge in [0.1, 0.15) is 0 Å². The van der Waals surface area contributed by atoms with E-state index in [1.54, 1.807) is 0 Å². The van der Waals surface area contributed by atoms with Gasteiger partial charge < -0.3 is 16.0 Å². The van der Waals surface area contributed by atoms with Crippen LogP contribution in [0.1, 0.15) is 24.9 Å². The number of nitrogens with zero attached hydrogens (tertiary/aromatic N) is 2. The minimum absolute atomic E-state index is 0.0311. The Kier molecular flexibility index (Phi) is 6.83. The lowest BCUT2D eigenvalue weighted by Crippen LogP contribution is -2.48. The van der Waals surface area contributed by atoms with Crippen molar-refractivity contribution in [2.24, 2.45) is 5.73 Å². The molecule has 122 valence electrons. The molecule has 1 unspecified atom stereocenters. The van der Waals surface area contributed by atoms with Gasteiger partial charge in [-0.25, -0.2) is 0 Å². The largest absolute Gasteiger partial charge is 0.355 e. The van der Waals surface area contributed by atoms with Crippen molar-refractivity contribution in [2.45, 2.75) is 19.4 Å². The minimum Gasteiger partial charge on any atom is -0.355 e. The van der Waals surface area contributed by atoms with Crippen molar-refractivity contribution in [3.05, 3.63) is 35.9 Å². The Balaban J connectivity index is 1.62. The van der Waals surface area contributed by atoms with Gasteiger partial charge in [-0.15, -0.1) is 0 Å². The zero-order valence-corrected chi connectivity index (χ0v) is 13.5. The lowest BCUT2D eigenvalue weighted by Gasteiger charge is -2.33. The van der Waals surface area contributed by atoms with Crippen LogP contribution in [-0.2, 0) is 4.79 Å². The maximum Gasteiger partial charge on any atom is 0.221 e. The summed E-state index contributed by atoms with van der Waals surface area (Å²) in [4.78, 5) is 16.8. The van der Waals surface area contributed by atoms with Gasteiger partial charge in [0.25, 0.3) is 0 Å². The highest BCUT2D eigenvalue weighted by atomic mass is 16.1. The first kappa shape index (κ1) is 16.9. The van der Waals surface area contributed by atoms with Crippen LogP contribution in [0.4, 0.5) is 0 Å². The Hall–Kier alpha value is -1.43. The molecule has 0 radical (unpaired) electrons. The van der Waals surface area contributed by atoms with Crippen LogP contribution in [-0.4, -0.2) is 61.5 Å². The van der Waals surface area contributed by atoms with Crippen LogP contribution in [0.2, 0.25) is 0 Å². The van der Waals surface area contributed by atoms with Crippen molar-refractivity contribution in [2.75, 3.05) is 45.8 Å². The Morgan fingerprint density at radius 3 is 2.45 bits per heavy atom. The van der Waals surface area contributed by atoms with Crippen molar-refractivity contribution in [3.63, 3.8) is 0 Å². The predicted octanol–water partition coefficient (Wildman–Crippen LogP) is 0.830. The van der Waals surface area contributed by atoms with Gasteiger partial charge in [-0.05, 0) is 12.1 Å². The third-order valence-electron chi connectivity index (χ3n) is 4.30. The van der Waals surface area contributed by atoms with Crippen molar-refractivity contribution >= 4 is 5.91 Å². The summed E-state index contributed by atoms with van der Waals surface area (Å²) in [7, 11) is 0. The van der Waals surface area contributed by atoms with E-state index in [1.807, 2.05) is 30.3 Å². The van der Waals surface area contributed by atoms with E-state index in [4.69, 9.17) is 5.73 Å². The number of benzene rings is 1. The summed E-state index contributed by atoms with van der Waals surface area (Å²) in [6.45, 7) is 9.39. The van der Waals surface area contributed by atoms with Gasteiger partial charge in [0.2, 0.25) is 5.91 Å². The van der Waals surface area contributed by atoms with Crippen molar-refractivity contribution in [1.82, 2.24) is 15.1 Å². The van der Waals surface area contributed by atoms with E-state index >= 15 is 0 Å². The molecule has 22 heavy (non-hydrogen) atoms. The lowest BCUT2D eigenvalue weighted by molar-refractivity contribution is -0.121. The molecule has 1 fully saturated rings. The van der Waals surface area contributed by atoms with Gasteiger partial charge in [-0.3, -0.25) is 9.69 Å². The Bertz CT molecular complexity index is 443. The van der Waals surface area contributed by atoms with Crippen LogP contribution in [0, 0.1) is 0 Å². The second kappa shape index (κ2) is 8.88. The van der Waals surface area contributed by atoms with Crippen LogP contribution in [0.5, 0.6) is 0 Å². The molecule has 5 nitrogen and oxygen atoms in total. The SMILES string of the molecule is CCN1CCN(CCNC(=O)CC(N)c2ccccc2)CC1. The number of nitrogens with two attached hydrogens (primary N) is 1. The summed E-state index contributed by atoms with van der Waals surface area (Å²) in [5.74, 6) is 0.0311. The van der Waals surface area contributed by atoms with Gasteiger partial charge in [-0.1, -0.05) is 37.3 Å². The fourth-order valence-corrected chi connectivity index (χ4v) is 2.77. The second-order valence-electron chi connectivity index (χ2n) is 5.85. The third kappa shape index (κ3) is 5.40. The highest BCUT2D eigenvalue weighted by Gasteiger charge is 2.15. The van der Waals surface area contributed by atoms with Crippen LogP contribution in [0.3, 0.4) is 0 Å². The summed E-state index contributed by atoms with van der Waals surface area (Å²) < 4.78 is 0. The number of likely N-dealkylation sites (N-methyl/N-ethyl adjacent to an activating group) is 1. The average Bonchev–Trinajstić information content (AvgIpc) is 2.56. The minimum atomic E-state index is -0.228. The fourth-order valence-electron chi connectivity index (χ4n) is 2.77. The van der Waals surface area contributed by atoms with Gasteiger partial charge in [0.05, 0.1) is 0 Å². The highest BCUT2D eigenvalue weighted by molar-refractivity contribution is 5.76. The number of hydrogen-bond acceptors (Lipinski definition) is 4. The van der Waals surface area contributed by atoms with E-state index in [9.17, 15) is 4.79 Å². The van der Waals surface area contributed by atoms with Crippen LogP contribution < -0.4 is 11.1 Å². The molecule has 2 rings (SSSR count). The molecule has 0 aromatic heterocycles. The van der Waals surface area contributed by atoms with Crippen molar-refractivity contribution < 1.29 is 4.79 Å². The number of piperazine rings is 1. The summed E-state index contributed by atoms with van der Waals surface area (Å²) in [6, 6.07) is 9.55. The van der Waals surface area contributed by atoms with E-state index < -0.39 is 0 Å². The van der Waals surface area contributed by atoms with Crippen LogP contribution >= 0.6 is 0 Å². The van der Waals surface area contributed by atoms with E-state index in [-0.39, 0.29) is 11.9 Å². The molecule has 1 heterocycles. The first-order chi connectivity index (χ1) is 10.7. The van der Waals surface area contributed by atoms with Gasteiger partial charge in [0.15, 0.2) is 0 Å². The topological polar surface area (TPSA) is 61.6 Å². The van der Waals surface area contributed by atoms with E-state index in [2.05, 4.69) is 22.0 Å². The van der Waals surface area contributed by atoms with Crippen molar-refractivity contribution in [1.29, 1.82) is 0 Å². The number of carbonyl (C=O) groups excluding carboxylic acids is 1. The molecule has 0 spiro atoms. The quantitative estimate of drug-likeness (QED) is 0.783. The molecule has 0 saturated carbocycles. The van der Waals surface area contributed by atoms with Gasteiger partial charge in [0, 0.05) is 51.7 Å². The van der Waals surface area contributed by atoms with Crippen LogP contribution in [0.25, 0.3) is 0 Å². The summed E-state index contributed by atoms with van der Waals surface area (Å²) in [5, 5.41) is 2.98. The standard InChI is InChI=1S/C17H28N4O/c1-2-20-10-12-21(13-11-20)9-8-19-17(22)14-16(18)15-6-4-3-5-7-15/h3-7,16H,2,8-14,18H2,1H3,(H,19,22). The number of amides is 1. The number of carbonyl (C=O) groups is 1. The van der Waals surface area contributed by atoms with E-state index in [0.29, 0.717) is 13.0 Å². The highest BCUT2D eigenvalue weighted by Crippen LogP contribution is 2.12. The summed E-state index contributed by atoms with van der Waals surface area (Å²) >= 11 is 0. The van der Waals surface area contributed by atoms with E-state index in [0.717, 1.165) is 44.8 Å². The maximum absolute atomic E-state index is 11.9. The smallest absolute Gasteiger partial charge is 0.221 e. The first-order valence-corrected chi connectivity index (χ1v) is 8.21. The Labute approximate surface area is 133 Å². The zero-order chi connectivity index (χ0) is 15.8. The van der Waals surface area contributed by atoms with Crippen LogP contribution in [0.15, 0.2) is 30.3 Å². The molecule has 1 aromatic carbocycles. The summed E-state index contributed by atoms with van der Waals surface area (Å²) in [6.07, 6.45) is 0.341. The molecule has 1 saturated heterocycles.